The summed E-state index contributed by atoms with van der Waals surface area (Å²) in [6, 6.07) is 0. The van der Waals surface area contributed by atoms with Crippen LogP contribution in [0.4, 0.5) is 0 Å². The zero-order valence-corrected chi connectivity index (χ0v) is 11.5. The fraction of sp³-hybridized carbons (Fsp3) is 0.846. The SMILES string of the molecule is CCC1CC(C(=O)O)C(C(=O)N(C)CCNC)C1. The van der Waals surface area contributed by atoms with E-state index in [0.29, 0.717) is 18.9 Å². The zero-order valence-electron chi connectivity index (χ0n) is 11.5. The van der Waals surface area contributed by atoms with Gasteiger partial charge in [0.1, 0.15) is 0 Å². The third-order valence-electron chi connectivity index (χ3n) is 3.95. The molecule has 0 spiro atoms. The second-order valence-corrected chi connectivity index (χ2v) is 5.16. The van der Waals surface area contributed by atoms with Crippen molar-refractivity contribution < 1.29 is 14.7 Å². The molecule has 0 aromatic carbocycles. The van der Waals surface area contributed by atoms with Gasteiger partial charge in [-0.2, -0.15) is 0 Å². The molecule has 3 atom stereocenters. The Morgan fingerprint density at radius 2 is 1.94 bits per heavy atom. The Morgan fingerprint density at radius 3 is 2.44 bits per heavy atom. The number of rotatable bonds is 6. The maximum Gasteiger partial charge on any atom is 0.307 e. The number of carbonyl (C=O) groups is 2. The van der Waals surface area contributed by atoms with E-state index in [1.807, 2.05) is 7.05 Å². The lowest BCUT2D eigenvalue weighted by atomic mass is 9.95. The van der Waals surface area contributed by atoms with Crippen molar-refractivity contribution in [2.24, 2.45) is 17.8 Å². The summed E-state index contributed by atoms with van der Waals surface area (Å²) in [6.45, 7) is 3.40. The van der Waals surface area contributed by atoms with Crippen LogP contribution in [0, 0.1) is 17.8 Å². The van der Waals surface area contributed by atoms with Crippen molar-refractivity contribution in [1.29, 1.82) is 0 Å². The Labute approximate surface area is 109 Å². The second-order valence-electron chi connectivity index (χ2n) is 5.16. The lowest BCUT2D eigenvalue weighted by Gasteiger charge is -2.23. The maximum atomic E-state index is 12.3. The van der Waals surface area contributed by atoms with E-state index in [1.165, 1.54) is 0 Å². The fourth-order valence-electron chi connectivity index (χ4n) is 2.69. The fourth-order valence-corrected chi connectivity index (χ4v) is 2.69. The summed E-state index contributed by atoms with van der Waals surface area (Å²) >= 11 is 0. The normalized spacial score (nSPS) is 27.2. The minimum absolute atomic E-state index is 0.0198. The predicted octanol–water partition coefficient (Wildman–Crippen LogP) is 0.801. The van der Waals surface area contributed by atoms with Crippen molar-refractivity contribution in [3.63, 3.8) is 0 Å². The van der Waals surface area contributed by atoms with Gasteiger partial charge in [-0.05, 0) is 25.8 Å². The van der Waals surface area contributed by atoms with Crippen LogP contribution in [0.15, 0.2) is 0 Å². The average molecular weight is 256 g/mol. The summed E-state index contributed by atoms with van der Waals surface area (Å²) in [5.41, 5.74) is 0. The van der Waals surface area contributed by atoms with Crippen LogP contribution in [0.25, 0.3) is 0 Å². The minimum atomic E-state index is -0.827. The minimum Gasteiger partial charge on any atom is -0.481 e. The number of hydrogen-bond acceptors (Lipinski definition) is 3. The van der Waals surface area contributed by atoms with Gasteiger partial charge >= 0.3 is 5.97 Å². The molecule has 0 aromatic heterocycles. The summed E-state index contributed by atoms with van der Waals surface area (Å²) in [4.78, 5) is 25.1. The molecule has 5 nitrogen and oxygen atoms in total. The predicted molar refractivity (Wildman–Crippen MR) is 69.2 cm³/mol. The van der Waals surface area contributed by atoms with Gasteiger partial charge in [0.15, 0.2) is 0 Å². The van der Waals surface area contributed by atoms with E-state index < -0.39 is 11.9 Å². The van der Waals surface area contributed by atoms with Crippen LogP contribution in [0.1, 0.15) is 26.2 Å². The molecule has 1 rings (SSSR count). The molecule has 1 aliphatic rings. The van der Waals surface area contributed by atoms with Gasteiger partial charge in [-0.3, -0.25) is 9.59 Å². The Bertz CT molecular complexity index is 307. The van der Waals surface area contributed by atoms with Crippen LogP contribution >= 0.6 is 0 Å². The van der Waals surface area contributed by atoms with E-state index in [-0.39, 0.29) is 11.8 Å². The first-order valence-corrected chi connectivity index (χ1v) is 6.63. The number of hydrogen-bond donors (Lipinski definition) is 2. The molecule has 2 N–H and O–H groups in total. The van der Waals surface area contributed by atoms with E-state index >= 15 is 0 Å². The third kappa shape index (κ3) is 3.45. The highest BCUT2D eigenvalue weighted by Crippen LogP contribution is 2.39. The highest BCUT2D eigenvalue weighted by atomic mass is 16.4. The lowest BCUT2D eigenvalue weighted by molar-refractivity contribution is -0.148. The van der Waals surface area contributed by atoms with Gasteiger partial charge in [0.2, 0.25) is 5.91 Å². The molecule has 1 amide bonds. The summed E-state index contributed by atoms with van der Waals surface area (Å²) in [6.07, 6.45) is 2.31. The Kier molecular flexibility index (Phi) is 5.59. The smallest absolute Gasteiger partial charge is 0.307 e. The molecule has 18 heavy (non-hydrogen) atoms. The molecular weight excluding hydrogens is 232 g/mol. The molecule has 5 heteroatoms. The van der Waals surface area contributed by atoms with Gasteiger partial charge in [0.05, 0.1) is 11.8 Å². The van der Waals surface area contributed by atoms with E-state index in [1.54, 1.807) is 11.9 Å². The summed E-state index contributed by atoms with van der Waals surface area (Å²) in [5, 5.41) is 12.2. The highest BCUT2D eigenvalue weighted by Gasteiger charge is 2.42. The highest BCUT2D eigenvalue weighted by molar-refractivity contribution is 5.85. The first-order valence-electron chi connectivity index (χ1n) is 6.63. The molecule has 1 aliphatic carbocycles. The first kappa shape index (κ1) is 15.0. The van der Waals surface area contributed by atoms with Crippen molar-refractivity contribution in [3.05, 3.63) is 0 Å². The zero-order chi connectivity index (χ0) is 13.7. The standard InChI is InChI=1S/C13H24N2O3/c1-4-9-7-10(11(8-9)13(17)18)12(16)15(3)6-5-14-2/h9-11,14H,4-8H2,1-3H3,(H,17,18). The number of likely N-dealkylation sites (N-methyl/N-ethyl adjacent to an activating group) is 2. The number of nitrogens with one attached hydrogen (secondary N) is 1. The van der Waals surface area contributed by atoms with Gasteiger partial charge in [-0.25, -0.2) is 0 Å². The Hall–Kier alpha value is -1.10. The molecular formula is C13H24N2O3. The monoisotopic (exact) mass is 256 g/mol. The van der Waals surface area contributed by atoms with Crippen molar-refractivity contribution in [2.45, 2.75) is 26.2 Å². The van der Waals surface area contributed by atoms with Crippen molar-refractivity contribution >= 4 is 11.9 Å². The lowest BCUT2D eigenvalue weighted by Crippen LogP contribution is -2.39. The summed E-state index contributed by atoms with van der Waals surface area (Å²) < 4.78 is 0. The molecule has 1 saturated carbocycles. The van der Waals surface area contributed by atoms with Crippen LogP contribution in [0.5, 0.6) is 0 Å². The van der Waals surface area contributed by atoms with Crippen molar-refractivity contribution in [1.82, 2.24) is 10.2 Å². The molecule has 0 aliphatic heterocycles. The number of carboxylic acid groups (broad SMARTS) is 1. The molecule has 0 saturated heterocycles. The van der Waals surface area contributed by atoms with E-state index in [2.05, 4.69) is 12.2 Å². The average Bonchev–Trinajstić information content (AvgIpc) is 2.79. The van der Waals surface area contributed by atoms with Gasteiger partial charge in [-0.1, -0.05) is 13.3 Å². The number of carboxylic acids is 1. The number of aliphatic carboxylic acids is 1. The molecule has 0 heterocycles. The summed E-state index contributed by atoms with van der Waals surface area (Å²) in [5.74, 6) is -1.31. The van der Waals surface area contributed by atoms with Crippen LogP contribution in [-0.4, -0.2) is 49.1 Å². The molecule has 1 fully saturated rings. The van der Waals surface area contributed by atoms with Crippen LogP contribution in [-0.2, 0) is 9.59 Å². The quantitative estimate of drug-likeness (QED) is 0.737. The van der Waals surface area contributed by atoms with Gasteiger partial charge in [0.25, 0.3) is 0 Å². The van der Waals surface area contributed by atoms with Gasteiger partial charge in [0, 0.05) is 20.1 Å². The van der Waals surface area contributed by atoms with Crippen molar-refractivity contribution in [2.75, 3.05) is 27.2 Å². The molecule has 104 valence electrons. The van der Waals surface area contributed by atoms with Gasteiger partial charge in [-0.15, -0.1) is 0 Å². The molecule has 3 unspecified atom stereocenters. The topological polar surface area (TPSA) is 69.6 Å². The number of carbonyl (C=O) groups excluding carboxylic acids is 1. The Morgan fingerprint density at radius 1 is 1.33 bits per heavy atom. The number of nitrogens with zero attached hydrogens (tertiary/aromatic N) is 1. The van der Waals surface area contributed by atoms with E-state index in [0.717, 1.165) is 19.4 Å². The first-order chi connectivity index (χ1) is 8.51. The van der Waals surface area contributed by atoms with Gasteiger partial charge < -0.3 is 15.3 Å². The maximum absolute atomic E-state index is 12.3. The van der Waals surface area contributed by atoms with Crippen molar-refractivity contribution in [3.8, 4) is 0 Å². The molecule has 0 aromatic rings. The van der Waals surface area contributed by atoms with Crippen LogP contribution in [0.3, 0.4) is 0 Å². The van der Waals surface area contributed by atoms with E-state index in [9.17, 15) is 14.7 Å². The second kappa shape index (κ2) is 6.73. The largest absolute Gasteiger partial charge is 0.481 e. The third-order valence-corrected chi connectivity index (χ3v) is 3.95. The van der Waals surface area contributed by atoms with Crippen LogP contribution in [0.2, 0.25) is 0 Å². The van der Waals surface area contributed by atoms with E-state index in [4.69, 9.17) is 0 Å². The van der Waals surface area contributed by atoms with Crippen LogP contribution < -0.4 is 5.32 Å². The molecule has 0 bridgehead atoms. The molecule has 0 radical (unpaired) electrons. The summed E-state index contributed by atoms with van der Waals surface area (Å²) in [7, 11) is 3.58. The Balaban J connectivity index is 2.67. The number of amides is 1.